The van der Waals surface area contributed by atoms with Gasteiger partial charge in [0.05, 0.1) is 31.8 Å². The summed E-state index contributed by atoms with van der Waals surface area (Å²) in [6, 6.07) is 2.08. The molecule has 5 rings (SSSR count). The maximum Gasteiger partial charge on any atom is 0.451 e. The minimum absolute atomic E-state index is 0.0765. The first-order valence-electron chi connectivity index (χ1n) is 10.5. The zero-order valence-corrected chi connectivity index (χ0v) is 18.9. The van der Waals surface area contributed by atoms with Crippen molar-refractivity contribution in [3.05, 3.63) is 22.6 Å². The highest BCUT2D eigenvalue weighted by atomic mass is 32.1. The smallest absolute Gasteiger partial charge is 0.451 e. The first-order chi connectivity index (χ1) is 16.3. The molecule has 3 aromatic rings. The average Bonchev–Trinajstić information content (AvgIpc) is 3.32. The van der Waals surface area contributed by atoms with Gasteiger partial charge in [0.1, 0.15) is 24.0 Å². The fraction of sp³-hybridized carbons (Fsp3) is 0.526. The predicted molar refractivity (Wildman–Crippen MR) is 114 cm³/mol. The van der Waals surface area contributed by atoms with E-state index >= 15 is 0 Å². The van der Waals surface area contributed by atoms with Crippen LogP contribution in [-0.4, -0.2) is 75.2 Å². The van der Waals surface area contributed by atoms with E-state index in [2.05, 4.69) is 25.5 Å². The molecule has 34 heavy (non-hydrogen) atoms. The van der Waals surface area contributed by atoms with Crippen LogP contribution in [0.15, 0.2) is 6.07 Å². The number of thiophene rings is 1. The molecule has 3 aromatic heterocycles. The van der Waals surface area contributed by atoms with Crippen molar-refractivity contribution in [3.63, 3.8) is 0 Å². The number of nitrogens with one attached hydrogen (secondary N) is 1. The van der Waals surface area contributed by atoms with Gasteiger partial charge in [0.2, 0.25) is 11.7 Å². The third-order valence-corrected chi connectivity index (χ3v) is 6.40. The van der Waals surface area contributed by atoms with Crippen LogP contribution in [0.3, 0.4) is 0 Å². The van der Waals surface area contributed by atoms with Crippen molar-refractivity contribution in [1.29, 1.82) is 0 Å². The topological polar surface area (TPSA) is 111 Å². The quantitative estimate of drug-likeness (QED) is 0.558. The molecule has 11 nitrogen and oxygen atoms in total. The highest BCUT2D eigenvalue weighted by Crippen LogP contribution is 2.35. The van der Waals surface area contributed by atoms with Crippen LogP contribution < -0.4 is 15.0 Å². The van der Waals surface area contributed by atoms with E-state index in [4.69, 9.17) is 9.47 Å². The molecule has 0 unspecified atom stereocenters. The summed E-state index contributed by atoms with van der Waals surface area (Å²) in [5.41, 5.74) is 0. The lowest BCUT2D eigenvalue weighted by Crippen LogP contribution is -2.38. The number of halogens is 3. The molecule has 0 spiro atoms. The molecule has 2 aliphatic rings. The van der Waals surface area contributed by atoms with Crippen LogP contribution in [-0.2, 0) is 28.8 Å². The Labute approximate surface area is 195 Å². The lowest BCUT2D eigenvalue weighted by molar-refractivity contribution is -0.147. The van der Waals surface area contributed by atoms with E-state index in [1.54, 1.807) is 0 Å². The number of ether oxygens (including phenoxy) is 2. The Balaban J connectivity index is 1.36. The fourth-order valence-electron chi connectivity index (χ4n) is 3.87. The summed E-state index contributed by atoms with van der Waals surface area (Å²) in [5.74, 6) is -0.311. The monoisotopic (exact) mass is 498 g/mol. The second-order valence-corrected chi connectivity index (χ2v) is 9.06. The van der Waals surface area contributed by atoms with Gasteiger partial charge in [-0.1, -0.05) is 0 Å². The summed E-state index contributed by atoms with van der Waals surface area (Å²) in [7, 11) is 0. The van der Waals surface area contributed by atoms with E-state index in [0.717, 1.165) is 14.8 Å². The molecule has 0 saturated carbocycles. The van der Waals surface area contributed by atoms with Crippen molar-refractivity contribution >= 4 is 33.3 Å². The summed E-state index contributed by atoms with van der Waals surface area (Å²) in [4.78, 5) is 26.2. The van der Waals surface area contributed by atoms with Gasteiger partial charge in [0.25, 0.3) is 0 Å². The summed E-state index contributed by atoms with van der Waals surface area (Å²) in [5, 5.41) is 10.7. The molecule has 5 heterocycles. The number of aromatic nitrogens is 5. The van der Waals surface area contributed by atoms with Crippen LogP contribution >= 0.6 is 11.3 Å². The molecule has 15 heteroatoms. The maximum absolute atomic E-state index is 13.2. The Kier molecular flexibility index (Phi) is 5.99. The number of amides is 1. The van der Waals surface area contributed by atoms with Gasteiger partial charge in [-0.05, 0) is 13.0 Å². The predicted octanol–water partition coefficient (Wildman–Crippen LogP) is 1.37. The van der Waals surface area contributed by atoms with Crippen LogP contribution in [0.2, 0.25) is 0 Å². The lowest BCUT2D eigenvalue weighted by Gasteiger charge is -2.29. The summed E-state index contributed by atoms with van der Waals surface area (Å²) >= 11 is 1.47. The summed E-state index contributed by atoms with van der Waals surface area (Å²) in [6.45, 7) is 3.55. The molecule has 182 valence electrons. The minimum atomic E-state index is -4.56. The number of aryl methyl sites for hydroxylation is 1. The molecular formula is C19H21F3N8O3S. The molecule has 0 aliphatic carbocycles. The number of hydrogen-bond donors (Lipinski definition) is 1. The molecule has 1 saturated heterocycles. The van der Waals surface area contributed by atoms with E-state index in [0.29, 0.717) is 30.5 Å². The van der Waals surface area contributed by atoms with Gasteiger partial charge in [0.15, 0.2) is 5.82 Å². The molecule has 2 aliphatic heterocycles. The van der Waals surface area contributed by atoms with Gasteiger partial charge in [-0.25, -0.2) is 0 Å². The van der Waals surface area contributed by atoms with Gasteiger partial charge in [-0.15, -0.1) is 21.5 Å². The van der Waals surface area contributed by atoms with E-state index in [-0.39, 0.29) is 50.7 Å². The third-order valence-electron chi connectivity index (χ3n) is 5.45. The second kappa shape index (κ2) is 8.96. The van der Waals surface area contributed by atoms with Gasteiger partial charge in [-0.2, -0.15) is 23.1 Å². The Bertz CT molecular complexity index is 1210. The highest BCUT2D eigenvalue weighted by Gasteiger charge is 2.39. The molecule has 0 atom stereocenters. The number of rotatable bonds is 5. The van der Waals surface area contributed by atoms with Crippen LogP contribution in [0.5, 0.6) is 6.01 Å². The molecule has 1 fully saturated rings. The fourth-order valence-corrected chi connectivity index (χ4v) is 4.73. The highest BCUT2D eigenvalue weighted by molar-refractivity contribution is 7.18. The first kappa shape index (κ1) is 22.7. The Hall–Kier alpha value is -3.04. The zero-order valence-electron chi connectivity index (χ0n) is 18.1. The zero-order chi connectivity index (χ0) is 23.9. The molecular weight excluding hydrogens is 477 g/mol. The molecule has 0 radical (unpaired) electrons. The number of carbonyl (C=O) groups excluding carboxylic acids is 1. The van der Waals surface area contributed by atoms with E-state index in [1.807, 2.05) is 17.9 Å². The number of anilines is 1. The van der Waals surface area contributed by atoms with Crippen molar-refractivity contribution in [2.45, 2.75) is 26.2 Å². The second-order valence-electron chi connectivity index (χ2n) is 7.83. The van der Waals surface area contributed by atoms with Crippen molar-refractivity contribution in [2.75, 3.05) is 44.6 Å². The Morgan fingerprint density at radius 1 is 1.26 bits per heavy atom. The average molecular weight is 498 g/mol. The SMILES string of the molecule is Cc1cc2c(N3CCn4c(nnc4C(F)(F)F)C3)nc(OCCN3COCNCC3=O)nc2s1. The van der Waals surface area contributed by atoms with Crippen LogP contribution in [0, 0.1) is 6.92 Å². The molecule has 1 N–H and O–H groups in total. The largest absolute Gasteiger partial charge is 0.461 e. The molecule has 0 aromatic carbocycles. The number of alkyl halides is 3. The number of nitrogens with zero attached hydrogens (tertiary/aromatic N) is 7. The summed E-state index contributed by atoms with van der Waals surface area (Å²) in [6.07, 6.45) is -4.56. The van der Waals surface area contributed by atoms with E-state index < -0.39 is 12.0 Å². The van der Waals surface area contributed by atoms with E-state index in [1.165, 1.54) is 16.2 Å². The summed E-state index contributed by atoms with van der Waals surface area (Å²) < 4.78 is 51.7. The lowest BCUT2D eigenvalue weighted by atomic mass is 10.3. The van der Waals surface area contributed by atoms with Crippen molar-refractivity contribution < 1.29 is 27.4 Å². The van der Waals surface area contributed by atoms with Crippen molar-refractivity contribution in [3.8, 4) is 6.01 Å². The van der Waals surface area contributed by atoms with Gasteiger partial charge in [0, 0.05) is 18.0 Å². The third kappa shape index (κ3) is 4.50. The minimum Gasteiger partial charge on any atom is -0.461 e. The normalized spacial score (nSPS) is 17.2. The standard InChI is InChI=1S/C19H21F3N8O3S/c1-11-6-12-15(28-2-3-30-13(8-28)26-27-17(30)19(20,21)22)24-18(25-16(12)34-11)33-5-4-29-10-32-9-23-7-14(29)31/h6,23H,2-5,7-10H2,1H3. The Morgan fingerprint density at radius 3 is 2.94 bits per heavy atom. The number of hydrogen-bond acceptors (Lipinski definition) is 10. The maximum atomic E-state index is 13.2. The number of carbonyl (C=O) groups is 1. The molecule has 1 amide bonds. The van der Waals surface area contributed by atoms with Gasteiger partial charge >= 0.3 is 12.2 Å². The number of fused-ring (bicyclic) bond motifs is 2. The van der Waals surface area contributed by atoms with Crippen LogP contribution in [0.1, 0.15) is 16.5 Å². The van der Waals surface area contributed by atoms with Crippen molar-refractivity contribution in [1.82, 2.24) is 34.9 Å². The Morgan fingerprint density at radius 2 is 2.12 bits per heavy atom. The first-order valence-corrected chi connectivity index (χ1v) is 11.3. The molecule has 0 bridgehead atoms. The van der Waals surface area contributed by atoms with E-state index in [9.17, 15) is 18.0 Å². The van der Waals surface area contributed by atoms with Gasteiger partial charge < -0.3 is 23.8 Å². The van der Waals surface area contributed by atoms with Gasteiger partial charge in [-0.3, -0.25) is 10.1 Å². The van der Waals surface area contributed by atoms with Crippen molar-refractivity contribution in [2.24, 2.45) is 0 Å². The van der Waals surface area contributed by atoms with Crippen LogP contribution in [0.4, 0.5) is 19.0 Å². The van der Waals surface area contributed by atoms with Crippen LogP contribution in [0.25, 0.3) is 10.2 Å².